The Kier molecular flexibility index (Phi) is 9.21. The molecule has 35 heavy (non-hydrogen) atoms. The van der Waals surface area contributed by atoms with E-state index in [9.17, 15) is 39.9 Å². The largest absolute Gasteiger partial charge is 0.481 e. The fourth-order valence-corrected chi connectivity index (χ4v) is 2.82. The van der Waals surface area contributed by atoms with E-state index in [4.69, 9.17) is 5.11 Å². The molecule has 0 atom stereocenters. The SMILES string of the molecule is Fc1ccc(NCCc2ccc(C(F)(F)F)cc2)c(F)c1.O=C(O)Cc1ccc(C(F)(F)F)cc1. The zero-order chi connectivity index (χ0) is 26.2. The minimum Gasteiger partial charge on any atom is -0.481 e. The third-order valence-corrected chi connectivity index (χ3v) is 4.58. The van der Waals surface area contributed by atoms with Gasteiger partial charge in [0, 0.05) is 12.6 Å². The summed E-state index contributed by atoms with van der Waals surface area (Å²) in [5, 5.41) is 11.1. The van der Waals surface area contributed by atoms with Gasteiger partial charge in [-0.3, -0.25) is 4.79 Å². The number of aliphatic carboxylic acids is 1. The zero-order valence-corrected chi connectivity index (χ0v) is 17.9. The molecule has 0 fully saturated rings. The first-order chi connectivity index (χ1) is 16.3. The molecule has 11 heteroatoms. The lowest BCUT2D eigenvalue weighted by Gasteiger charge is -2.09. The number of hydrogen-bond acceptors (Lipinski definition) is 2. The highest BCUT2D eigenvalue weighted by atomic mass is 19.4. The third kappa shape index (κ3) is 9.26. The summed E-state index contributed by atoms with van der Waals surface area (Å²) >= 11 is 0. The van der Waals surface area contributed by atoms with E-state index in [1.54, 1.807) is 0 Å². The molecule has 0 aromatic heterocycles. The molecule has 0 heterocycles. The molecule has 3 rings (SSSR count). The molecule has 0 saturated carbocycles. The maximum absolute atomic E-state index is 13.3. The van der Waals surface area contributed by atoms with Crippen LogP contribution in [0.3, 0.4) is 0 Å². The van der Waals surface area contributed by atoms with Crippen molar-refractivity contribution in [1.82, 2.24) is 0 Å². The van der Waals surface area contributed by atoms with Gasteiger partial charge in [0.1, 0.15) is 11.6 Å². The molecular formula is C24H19F8NO2. The van der Waals surface area contributed by atoms with Crippen molar-refractivity contribution >= 4 is 11.7 Å². The molecule has 0 saturated heterocycles. The quantitative estimate of drug-likeness (QED) is 0.356. The molecule has 0 radical (unpaired) electrons. The van der Waals surface area contributed by atoms with E-state index in [0.717, 1.165) is 48.5 Å². The fraction of sp³-hybridized carbons (Fsp3) is 0.208. The number of benzene rings is 3. The number of alkyl halides is 6. The Balaban J connectivity index is 0.000000269. The first-order valence-corrected chi connectivity index (χ1v) is 9.98. The Morgan fingerprint density at radius 2 is 1.23 bits per heavy atom. The molecule has 2 N–H and O–H groups in total. The van der Waals surface area contributed by atoms with Crippen LogP contribution in [0.15, 0.2) is 66.7 Å². The van der Waals surface area contributed by atoms with E-state index in [1.807, 2.05) is 0 Å². The summed E-state index contributed by atoms with van der Waals surface area (Å²) in [5.41, 5.74) is -0.276. The fourth-order valence-electron chi connectivity index (χ4n) is 2.82. The van der Waals surface area contributed by atoms with Crippen LogP contribution in [0.25, 0.3) is 0 Å². The van der Waals surface area contributed by atoms with Gasteiger partial charge in [-0.15, -0.1) is 0 Å². The first kappa shape index (κ1) is 27.6. The monoisotopic (exact) mass is 505 g/mol. The minimum absolute atomic E-state index is 0.156. The van der Waals surface area contributed by atoms with Crippen LogP contribution >= 0.6 is 0 Å². The van der Waals surface area contributed by atoms with Gasteiger partial charge in [-0.1, -0.05) is 24.3 Å². The van der Waals surface area contributed by atoms with Gasteiger partial charge in [0.25, 0.3) is 0 Å². The van der Waals surface area contributed by atoms with Gasteiger partial charge in [0.15, 0.2) is 0 Å². The highest BCUT2D eigenvalue weighted by molar-refractivity contribution is 5.70. The predicted octanol–water partition coefficient (Wildman–Crippen LogP) is 6.97. The van der Waals surface area contributed by atoms with Gasteiger partial charge in [-0.05, 0) is 53.9 Å². The molecule has 0 aliphatic rings. The number of rotatable bonds is 6. The average molecular weight is 505 g/mol. The van der Waals surface area contributed by atoms with Crippen molar-refractivity contribution < 1.29 is 45.0 Å². The normalized spacial score (nSPS) is 11.4. The minimum atomic E-state index is -4.37. The second-order valence-electron chi connectivity index (χ2n) is 7.26. The van der Waals surface area contributed by atoms with E-state index >= 15 is 0 Å². The molecule has 0 amide bonds. The van der Waals surface area contributed by atoms with E-state index < -0.39 is 41.1 Å². The summed E-state index contributed by atoms with van der Waals surface area (Å²) < 4.78 is 99.4. The van der Waals surface area contributed by atoms with Crippen molar-refractivity contribution in [3.63, 3.8) is 0 Å². The van der Waals surface area contributed by atoms with Gasteiger partial charge in [0.2, 0.25) is 0 Å². The van der Waals surface area contributed by atoms with Gasteiger partial charge in [0.05, 0.1) is 23.2 Å². The van der Waals surface area contributed by atoms with Crippen LogP contribution < -0.4 is 5.32 Å². The highest BCUT2D eigenvalue weighted by Gasteiger charge is 2.30. The maximum Gasteiger partial charge on any atom is 0.416 e. The molecule has 0 spiro atoms. The van der Waals surface area contributed by atoms with Crippen molar-refractivity contribution in [3.05, 3.63) is 101 Å². The number of hydrogen-bond donors (Lipinski definition) is 2. The zero-order valence-electron chi connectivity index (χ0n) is 17.9. The Labute approximate surface area is 195 Å². The molecule has 3 aromatic carbocycles. The van der Waals surface area contributed by atoms with Crippen LogP contribution in [0.5, 0.6) is 0 Å². The number of carboxylic acids is 1. The summed E-state index contributed by atoms with van der Waals surface area (Å²) in [4.78, 5) is 10.2. The van der Waals surface area contributed by atoms with Crippen LogP contribution in [0.4, 0.5) is 40.8 Å². The van der Waals surface area contributed by atoms with Gasteiger partial charge in [-0.2, -0.15) is 26.3 Å². The van der Waals surface area contributed by atoms with Crippen molar-refractivity contribution in [2.75, 3.05) is 11.9 Å². The third-order valence-electron chi connectivity index (χ3n) is 4.58. The first-order valence-electron chi connectivity index (χ1n) is 9.98. The topological polar surface area (TPSA) is 49.3 Å². The summed E-state index contributed by atoms with van der Waals surface area (Å²) in [6.07, 6.45) is -8.57. The van der Waals surface area contributed by atoms with Gasteiger partial charge in [-0.25, -0.2) is 8.78 Å². The van der Waals surface area contributed by atoms with Gasteiger partial charge < -0.3 is 10.4 Å². The number of halogens is 8. The van der Waals surface area contributed by atoms with Crippen molar-refractivity contribution in [2.24, 2.45) is 0 Å². The second-order valence-corrected chi connectivity index (χ2v) is 7.26. The molecular weight excluding hydrogens is 486 g/mol. The van der Waals surface area contributed by atoms with Gasteiger partial charge >= 0.3 is 18.3 Å². The lowest BCUT2D eigenvalue weighted by Crippen LogP contribution is -2.08. The Hall–Kier alpha value is -3.63. The van der Waals surface area contributed by atoms with Crippen molar-refractivity contribution in [1.29, 1.82) is 0 Å². The summed E-state index contributed by atoms with van der Waals surface area (Å²) in [6, 6.07) is 12.0. The van der Waals surface area contributed by atoms with E-state index in [-0.39, 0.29) is 12.1 Å². The number of carboxylic acid groups (broad SMARTS) is 1. The number of anilines is 1. The smallest absolute Gasteiger partial charge is 0.416 e. The standard InChI is InChI=1S/C15H12F5N.C9H7F3O2/c16-12-5-6-14(13(17)9-12)21-8-7-10-1-3-11(4-2-10)15(18,19)20;10-9(11,12)7-3-1-6(2-4-7)5-8(13)14/h1-6,9,21H,7-8H2;1-4H,5H2,(H,13,14). The Morgan fingerprint density at radius 1 is 0.743 bits per heavy atom. The molecule has 3 aromatic rings. The van der Waals surface area contributed by atoms with Crippen LogP contribution in [0.1, 0.15) is 22.3 Å². The molecule has 0 bridgehead atoms. The van der Waals surface area contributed by atoms with E-state index in [2.05, 4.69) is 5.32 Å². The lowest BCUT2D eigenvalue weighted by molar-refractivity contribution is -0.138. The molecule has 0 aliphatic carbocycles. The molecule has 188 valence electrons. The van der Waals surface area contributed by atoms with Crippen LogP contribution in [0.2, 0.25) is 0 Å². The van der Waals surface area contributed by atoms with Crippen molar-refractivity contribution in [3.8, 4) is 0 Å². The van der Waals surface area contributed by atoms with E-state index in [0.29, 0.717) is 24.1 Å². The Morgan fingerprint density at radius 3 is 1.66 bits per heavy atom. The summed E-state index contributed by atoms with van der Waals surface area (Å²) in [5.74, 6) is -2.44. The van der Waals surface area contributed by atoms with E-state index in [1.165, 1.54) is 18.2 Å². The van der Waals surface area contributed by atoms with Crippen molar-refractivity contribution in [2.45, 2.75) is 25.2 Å². The summed E-state index contributed by atoms with van der Waals surface area (Å²) in [7, 11) is 0. The second kappa shape index (κ2) is 11.7. The molecule has 3 nitrogen and oxygen atoms in total. The lowest BCUT2D eigenvalue weighted by atomic mass is 10.1. The predicted molar refractivity (Wildman–Crippen MR) is 113 cm³/mol. The van der Waals surface area contributed by atoms with Crippen LogP contribution in [-0.4, -0.2) is 17.6 Å². The molecule has 0 aliphatic heterocycles. The van der Waals surface area contributed by atoms with Crippen LogP contribution in [-0.2, 0) is 30.0 Å². The Bertz CT molecular complexity index is 1110. The average Bonchev–Trinajstić information content (AvgIpc) is 2.75. The molecule has 0 unspecified atom stereocenters. The number of nitrogens with one attached hydrogen (secondary N) is 1. The maximum atomic E-state index is 13.3. The summed E-state index contributed by atoms with van der Waals surface area (Å²) in [6.45, 7) is 0.327. The van der Waals surface area contributed by atoms with Crippen LogP contribution in [0, 0.1) is 11.6 Å². The highest BCUT2D eigenvalue weighted by Crippen LogP contribution is 2.30. The number of carbonyl (C=O) groups is 1.